The van der Waals surface area contributed by atoms with E-state index >= 15 is 0 Å². The number of fused-ring (bicyclic) bond motifs is 1. The van der Waals surface area contributed by atoms with Gasteiger partial charge in [-0.3, -0.25) is 14.6 Å². The fraction of sp³-hybridized carbons (Fsp3) is 0.120. The average Bonchev–Trinajstić information content (AvgIpc) is 2.80. The highest BCUT2D eigenvalue weighted by molar-refractivity contribution is 5.95. The molecule has 0 aliphatic rings. The van der Waals surface area contributed by atoms with Crippen LogP contribution in [0.4, 0.5) is 11.6 Å². The number of carbonyl (C=O) groups excluding carboxylic acids is 1. The lowest BCUT2D eigenvalue weighted by Crippen LogP contribution is -2.17. The summed E-state index contributed by atoms with van der Waals surface area (Å²) in [6.45, 7) is 3.93. The van der Waals surface area contributed by atoms with Gasteiger partial charge in [-0.2, -0.15) is 5.10 Å². The first-order valence-electron chi connectivity index (χ1n) is 10.4. The number of H-pyrrole nitrogens is 1. The minimum atomic E-state index is -0.338. The van der Waals surface area contributed by atoms with Crippen molar-refractivity contribution in [1.82, 2.24) is 15.4 Å². The molecule has 1 amide bonds. The van der Waals surface area contributed by atoms with Gasteiger partial charge in [-0.1, -0.05) is 12.1 Å². The second-order valence-electron chi connectivity index (χ2n) is 7.57. The third-order valence-corrected chi connectivity index (χ3v) is 4.65. The predicted molar refractivity (Wildman–Crippen MR) is 129 cm³/mol. The number of hydrogen-bond donors (Lipinski definition) is 3. The summed E-state index contributed by atoms with van der Waals surface area (Å²) in [6, 6.07) is 21.3. The number of benzene rings is 3. The lowest BCUT2D eigenvalue weighted by Gasteiger charge is -2.09. The van der Waals surface area contributed by atoms with Crippen LogP contribution >= 0.6 is 0 Å². The number of aromatic amines is 1. The van der Waals surface area contributed by atoms with Crippen LogP contribution in [0.5, 0.6) is 5.75 Å². The minimum Gasteiger partial charge on any atom is -0.491 e. The number of aromatic nitrogens is 2. The molecule has 1 aromatic heterocycles. The molecule has 8 nitrogen and oxygen atoms in total. The fourth-order valence-electron chi connectivity index (χ4n) is 3.12. The van der Waals surface area contributed by atoms with E-state index < -0.39 is 0 Å². The van der Waals surface area contributed by atoms with E-state index in [-0.39, 0.29) is 17.6 Å². The van der Waals surface area contributed by atoms with Crippen molar-refractivity contribution in [3.8, 4) is 5.75 Å². The SMILES string of the molecule is CC(C)Oc1ccc(/C=N\NC(=O)c2ccc(Nc3nc4ccccc4c(=O)[nH]3)cc2)cc1. The third kappa shape index (κ3) is 5.62. The summed E-state index contributed by atoms with van der Waals surface area (Å²) < 4.78 is 5.60. The van der Waals surface area contributed by atoms with E-state index in [1.54, 1.807) is 48.7 Å². The van der Waals surface area contributed by atoms with Crippen LogP contribution in [0, 0.1) is 0 Å². The summed E-state index contributed by atoms with van der Waals surface area (Å²) in [5.74, 6) is 0.767. The number of amides is 1. The smallest absolute Gasteiger partial charge is 0.271 e. The van der Waals surface area contributed by atoms with Crippen LogP contribution in [0.15, 0.2) is 82.7 Å². The number of carbonyl (C=O) groups is 1. The largest absolute Gasteiger partial charge is 0.491 e. The van der Waals surface area contributed by atoms with Gasteiger partial charge in [0.2, 0.25) is 5.95 Å². The summed E-state index contributed by atoms with van der Waals surface area (Å²) in [4.78, 5) is 31.6. The molecule has 0 aliphatic heterocycles. The molecule has 0 saturated carbocycles. The molecule has 0 aliphatic carbocycles. The van der Waals surface area contributed by atoms with Gasteiger partial charge in [-0.05, 0) is 80.1 Å². The number of hydrazone groups is 1. The number of anilines is 2. The van der Waals surface area contributed by atoms with Gasteiger partial charge >= 0.3 is 0 Å². The molecule has 0 saturated heterocycles. The zero-order chi connectivity index (χ0) is 23.2. The third-order valence-electron chi connectivity index (χ3n) is 4.65. The molecule has 0 radical (unpaired) electrons. The topological polar surface area (TPSA) is 108 Å². The van der Waals surface area contributed by atoms with Crippen LogP contribution in [-0.4, -0.2) is 28.2 Å². The molecule has 0 bridgehead atoms. The second-order valence-corrected chi connectivity index (χ2v) is 7.57. The van der Waals surface area contributed by atoms with Crippen molar-refractivity contribution in [1.29, 1.82) is 0 Å². The van der Waals surface area contributed by atoms with Gasteiger partial charge in [0, 0.05) is 11.3 Å². The Bertz CT molecular complexity index is 1340. The van der Waals surface area contributed by atoms with Crippen LogP contribution in [0.1, 0.15) is 29.8 Å². The van der Waals surface area contributed by atoms with E-state index in [0.29, 0.717) is 28.1 Å². The van der Waals surface area contributed by atoms with Gasteiger partial charge < -0.3 is 10.1 Å². The molecule has 0 fully saturated rings. The molecule has 3 N–H and O–H groups in total. The maximum absolute atomic E-state index is 12.3. The normalized spacial score (nSPS) is 11.1. The fourth-order valence-corrected chi connectivity index (χ4v) is 3.12. The quantitative estimate of drug-likeness (QED) is 0.294. The lowest BCUT2D eigenvalue weighted by molar-refractivity contribution is 0.0955. The molecule has 166 valence electrons. The van der Waals surface area contributed by atoms with Gasteiger partial charge in [0.05, 0.1) is 23.2 Å². The molecule has 8 heteroatoms. The average molecular weight is 441 g/mol. The van der Waals surface area contributed by atoms with E-state index in [0.717, 1.165) is 11.3 Å². The van der Waals surface area contributed by atoms with Crippen molar-refractivity contribution < 1.29 is 9.53 Å². The molecular weight excluding hydrogens is 418 g/mol. The molecule has 3 aromatic carbocycles. The number of hydrogen-bond acceptors (Lipinski definition) is 6. The predicted octanol–water partition coefficient (Wildman–Crippen LogP) is 4.22. The highest BCUT2D eigenvalue weighted by atomic mass is 16.5. The zero-order valence-electron chi connectivity index (χ0n) is 18.2. The van der Waals surface area contributed by atoms with Gasteiger partial charge in [0.1, 0.15) is 5.75 Å². The molecule has 1 heterocycles. The molecular formula is C25H23N5O3. The first-order chi connectivity index (χ1) is 16.0. The minimum absolute atomic E-state index is 0.108. The van der Waals surface area contributed by atoms with Crippen molar-refractivity contribution >= 4 is 34.7 Å². The van der Waals surface area contributed by atoms with Crippen molar-refractivity contribution in [2.24, 2.45) is 5.10 Å². The second kappa shape index (κ2) is 9.78. The van der Waals surface area contributed by atoms with Crippen LogP contribution in [-0.2, 0) is 0 Å². The van der Waals surface area contributed by atoms with Crippen LogP contribution < -0.4 is 21.0 Å². The highest BCUT2D eigenvalue weighted by Crippen LogP contribution is 2.16. The van der Waals surface area contributed by atoms with Crippen LogP contribution in [0.2, 0.25) is 0 Å². The van der Waals surface area contributed by atoms with Gasteiger partial charge in [-0.25, -0.2) is 10.4 Å². The van der Waals surface area contributed by atoms with Crippen molar-refractivity contribution in [2.75, 3.05) is 5.32 Å². The Morgan fingerprint density at radius 2 is 1.76 bits per heavy atom. The maximum Gasteiger partial charge on any atom is 0.271 e. The molecule has 0 unspecified atom stereocenters. The summed E-state index contributed by atoms with van der Waals surface area (Å²) in [6.07, 6.45) is 1.67. The standard InChI is InChI=1S/C25H23N5O3/c1-16(2)33-20-13-7-17(8-14-20)15-26-30-23(31)18-9-11-19(12-10-18)27-25-28-22-6-4-3-5-21(22)24(32)29-25/h3-16H,1-2H3,(H,30,31)(H2,27,28,29,32)/b26-15-. The Hall–Kier alpha value is -4.46. The summed E-state index contributed by atoms with van der Waals surface area (Å²) in [7, 11) is 0. The first kappa shape index (κ1) is 21.8. The van der Waals surface area contributed by atoms with Crippen molar-refractivity contribution in [2.45, 2.75) is 20.0 Å². The van der Waals surface area contributed by atoms with Crippen LogP contribution in [0.3, 0.4) is 0 Å². The summed E-state index contributed by atoms with van der Waals surface area (Å²) in [5, 5.41) is 7.58. The Labute approximate surface area is 190 Å². The van der Waals surface area contributed by atoms with Crippen LogP contribution in [0.25, 0.3) is 10.9 Å². The number of ether oxygens (including phenoxy) is 1. The molecule has 4 rings (SSSR count). The van der Waals surface area contributed by atoms with Gasteiger partial charge in [0.15, 0.2) is 0 Å². The molecule has 33 heavy (non-hydrogen) atoms. The van der Waals surface area contributed by atoms with E-state index in [1.807, 2.05) is 44.2 Å². The Kier molecular flexibility index (Phi) is 6.45. The van der Waals surface area contributed by atoms with Crippen molar-refractivity contribution in [3.63, 3.8) is 0 Å². The van der Waals surface area contributed by atoms with E-state index in [1.165, 1.54) is 0 Å². The zero-order valence-corrected chi connectivity index (χ0v) is 18.2. The molecule has 4 aromatic rings. The van der Waals surface area contributed by atoms with E-state index in [9.17, 15) is 9.59 Å². The number of para-hydroxylation sites is 1. The Morgan fingerprint density at radius 3 is 2.48 bits per heavy atom. The monoisotopic (exact) mass is 441 g/mol. The number of nitrogens with one attached hydrogen (secondary N) is 3. The highest BCUT2D eigenvalue weighted by Gasteiger charge is 2.06. The van der Waals surface area contributed by atoms with Crippen molar-refractivity contribution in [3.05, 3.63) is 94.3 Å². The van der Waals surface area contributed by atoms with Gasteiger partial charge in [-0.15, -0.1) is 0 Å². The summed E-state index contributed by atoms with van der Waals surface area (Å²) in [5.41, 5.74) is 4.84. The van der Waals surface area contributed by atoms with Gasteiger partial charge in [0.25, 0.3) is 11.5 Å². The molecule has 0 spiro atoms. The Morgan fingerprint density at radius 1 is 1.03 bits per heavy atom. The number of rotatable bonds is 7. The summed E-state index contributed by atoms with van der Waals surface area (Å²) >= 11 is 0. The lowest BCUT2D eigenvalue weighted by atomic mass is 10.2. The Balaban J connectivity index is 1.36. The first-order valence-corrected chi connectivity index (χ1v) is 10.4. The number of nitrogens with zero attached hydrogens (tertiary/aromatic N) is 2. The maximum atomic E-state index is 12.3. The van der Waals surface area contributed by atoms with E-state index in [2.05, 4.69) is 25.8 Å². The molecule has 0 atom stereocenters. The van der Waals surface area contributed by atoms with E-state index in [4.69, 9.17) is 4.74 Å².